The summed E-state index contributed by atoms with van der Waals surface area (Å²) in [7, 11) is 0. The Kier molecular flexibility index (Phi) is 4.06. The molecular formula is C17H18N4O2. The number of rotatable bonds is 5. The molecule has 1 N–H and O–H groups in total. The number of aliphatic carboxylic acids is 1. The zero-order chi connectivity index (χ0) is 16.4. The Balaban J connectivity index is 1.99. The third kappa shape index (κ3) is 3.06. The molecule has 0 aliphatic carbocycles. The lowest BCUT2D eigenvalue weighted by Gasteiger charge is -2.10. The highest BCUT2D eigenvalue weighted by atomic mass is 16.4. The van der Waals surface area contributed by atoms with E-state index >= 15 is 0 Å². The van der Waals surface area contributed by atoms with Gasteiger partial charge in [-0.05, 0) is 49.1 Å². The van der Waals surface area contributed by atoms with Crippen LogP contribution < -0.4 is 0 Å². The van der Waals surface area contributed by atoms with Crippen LogP contribution in [0, 0.1) is 13.8 Å². The Morgan fingerprint density at radius 2 is 2.00 bits per heavy atom. The smallest absolute Gasteiger partial charge is 0.303 e. The third-order valence-electron chi connectivity index (χ3n) is 4.05. The quantitative estimate of drug-likeness (QED) is 0.783. The summed E-state index contributed by atoms with van der Waals surface area (Å²) in [6.45, 7) is 4.56. The van der Waals surface area contributed by atoms with E-state index in [1.165, 1.54) is 0 Å². The molecule has 0 bridgehead atoms. The second-order valence-corrected chi connectivity index (χ2v) is 5.59. The van der Waals surface area contributed by atoms with Gasteiger partial charge in [0.1, 0.15) is 0 Å². The van der Waals surface area contributed by atoms with Gasteiger partial charge < -0.3 is 5.11 Å². The van der Waals surface area contributed by atoms with Gasteiger partial charge in [0.05, 0.1) is 12.7 Å². The molecule has 23 heavy (non-hydrogen) atoms. The zero-order valence-electron chi connectivity index (χ0n) is 13.2. The standard InChI is InChI=1S/C17H18N4O2/c1-11-14(3-4-16(22)23)12(2)20-17-15(11)9-19-21(17)10-13-5-7-18-8-6-13/h5-9H,3-4,10H2,1-2H3,(H,22,23). The van der Waals surface area contributed by atoms with Crippen LogP contribution in [0.5, 0.6) is 0 Å². The van der Waals surface area contributed by atoms with Gasteiger partial charge in [-0.15, -0.1) is 0 Å². The van der Waals surface area contributed by atoms with Crippen molar-refractivity contribution < 1.29 is 9.90 Å². The maximum atomic E-state index is 10.8. The average Bonchev–Trinajstić information content (AvgIpc) is 2.91. The molecule has 0 unspecified atom stereocenters. The van der Waals surface area contributed by atoms with Crippen LogP contribution in [0.4, 0.5) is 0 Å². The first-order valence-corrected chi connectivity index (χ1v) is 7.48. The van der Waals surface area contributed by atoms with Gasteiger partial charge >= 0.3 is 5.97 Å². The van der Waals surface area contributed by atoms with Crippen LogP contribution in [0.2, 0.25) is 0 Å². The first kappa shape index (κ1) is 15.1. The van der Waals surface area contributed by atoms with Crippen molar-refractivity contribution in [3.05, 3.63) is 53.1 Å². The molecule has 0 radical (unpaired) electrons. The topological polar surface area (TPSA) is 80.9 Å². The van der Waals surface area contributed by atoms with Gasteiger partial charge in [0.15, 0.2) is 5.65 Å². The summed E-state index contributed by atoms with van der Waals surface area (Å²) >= 11 is 0. The fraction of sp³-hybridized carbons (Fsp3) is 0.294. The number of carboxylic acids is 1. The van der Waals surface area contributed by atoms with E-state index in [1.54, 1.807) is 12.4 Å². The van der Waals surface area contributed by atoms with Crippen molar-refractivity contribution >= 4 is 17.0 Å². The average molecular weight is 310 g/mol. The number of nitrogens with zero attached hydrogens (tertiary/aromatic N) is 4. The molecule has 3 rings (SSSR count). The van der Waals surface area contributed by atoms with Crippen molar-refractivity contribution in [3.63, 3.8) is 0 Å². The molecule has 0 saturated carbocycles. The van der Waals surface area contributed by atoms with Crippen molar-refractivity contribution in [1.29, 1.82) is 0 Å². The lowest BCUT2D eigenvalue weighted by atomic mass is 10.0. The van der Waals surface area contributed by atoms with E-state index in [0.717, 1.165) is 33.4 Å². The summed E-state index contributed by atoms with van der Waals surface area (Å²) in [5, 5.41) is 14.3. The number of aryl methyl sites for hydroxylation is 2. The number of carboxylic acid groups (broad SMARTS) is 1. The van der Waals surface area contributed by atoms with Crippen LogP contribution in [-0.4, -0.2) is 30.8 Å². The minimum absolute atomic E-state index is 0.111. The fourth-order valence-corrected chi connectivity index (χ4v) is 2.80. The summed E-state index contributed by atoms with van der Waals surface area (Å²) in [6.07, 6.45) is 5.93. The van der Waals surface area contributed by atoms with Crippen LogP contribution in [0.15, 0.2) is 30.7 Å². The summed E-state index contributed by atoms with van der Waals surface area (Å²) in [5.41, 5.74) is 4.87. The molecule has 0 saturated heterocycles. The molecule has 0 spiro atoms. The summed E-state index contributed by atoms with van der Waals surface area (Å²) in [5.74, 6) is -0.794. The third-order valence-corrected chi connectivity index (χ3v) is 4.05. The molecule has 3 aromatic rings. The highest BCUT2D eigenvalue weighted by Crippen LogP contribution is 2.24. The minimum Gasteiger partial charge on any atom is -0.481 e. The molecule has 6 heteroatoms. The zero-order valence-corrected chi connectivity index (χ0v) is 13.2. The van der Waals surface area contributed by atoms with E-state index in [4.69, 9.17) is 5.11 Å². The van der Waals surface area contributed by atoms with E-state index in [2.05, 4.69) is 15.1 Å². The molecule has 3 aromatic heterocycles. The second kappa shape index (κ2) is 6.16. The Bertz CT molecular complexity index is 856. The Morgan fingerprint density at radius 3 is 2.70 bits per heavy atom. The van der Waals surface area contributed by atoms with Crippen LogP contribution in [0.1, 0.15) is 28.8 Å². The lowest BCUT2D eigenvalue weighted by molar-refractivity contribution is -0.136. The molecule has 0 aromatic carbocycles. The number of carbonyl (C=O) groups is 1. The van der Waals surface area contributed by atoms with Gasteiger partial charge in [-0.3, -0.25) is 9.78 Å². The number of aromatic nitrogens is 4. The first-order valence-electron chi connectivity index (χ1n) is 7.48. The largest absolute Gasteiger partial charge is 0.481 e. The molecule has 6 nitrogen and oxygen atoms in total. The molecule has 0 amide bonds. The van der Waals surface area contributed by atoms with Gasteiger partial charge in [0.2, 0.25) is 0 Å². The lowest BCUT2D eigenvalue weighted by Crippen LogP contribution is -2.06. The van der Waals surface area contributed by atoms with E-state index < -0.39 is 5.97 Å². The SMILES string of the molecule is Cc1nc2c(cnn2Cc2ccncc2)c(C)c1CCC(=O)O. The van der Waals surface area contributed by atoms with Crippen molar-refractivity contribution in [2.75, 3.05) is 0 Å². The van der Waals surface area contributed by atoms with Crippen molar-refractivity contribution in [2.24, 2.45) is 0 Å². The molecule has 0 fully saturated rings. The van der Waals surface area contributed by atoms with Crippen molar-refractivity contribution in [1.82, 2.24) is 19.7 Å². The molecule has 0 aliphatic rings. The number of fused-ring (bicyclic) bond motifs is 1. The van der Waals surface area contributed by atoms with E-state index in [9.17, 15) is 4.79 Å². The van der Waals surface area contributed by atoms with Gasteiger partial charge in [-0.2, -0.15) is 5.10 Å². The first-order chi connectivity index (χ1) is 11.1. The monoisotopic (exact) mass is 310 g/mol. The normalized spacial score (nSPS) is 11.0. The summed E-state index contributed by atoms with van der Waals surface area (Å²) in [6, 6.07) is 3.91. The molecular weight excluding hydrogens is 292 g/mol. The predicted octanol–water partition coefficient (Wildman–Crippen LogP) is 2.51. The van der Waals surface area contributed by atoms with Crippen molar-refractivity contribution in [2.45, 2.75) is 33.2 Å². The summed E-state index contributed by atoms with van der Waals surface area (Å²) in [4.78, 5) is 19.5. The van der Waals surface area contributed by atoms with E-state index in [1.807, 2.05) is 36.9 Å². The van der Waals surface area contributed by atoms with Crippen molar-refractivity contribution in [3.8, 4) is 0 Å². The van der Waals surface area contributed by atoms with E-state index in [-0.39, 0.29) is 6.42 Å². The second-order valence-electron chi connectivity index (χ2n) is 5.59. The van der Waals surface area contributed by atoms with Crippen LogP contribution >= 0.6 is 0 Å². The minimum atomic E-state index is -0.794. The van der Waals surface area contributed by atoms with Gasteiger partial charge in [0.25, 0.3) is 0 Å². The highest BCUT2D eigenvalue weighted by molar-refractivity contribution is 5.80. The molecule has 118 valence electrons. The van der Waals surface area contributed by atoms with Crippen LogP contribution in [0.25, 0.3) is 11.0 Å². The number of hydrogen-bond acceptors (Lipinski definition) is 4. The van der Waals surface area contributed by atoms with Crippen LogP contribution in [0.3, 0.4) is 0 Å². The van der Waals surface area contributed by atoms with Gasteiger partial charge in [0, 0.05) is 29.9 Å². The Labute approximate surface area is 133 Å². The van der Waals surface area contributed by atoms with Gasteiger partial charge in [-0.1, -0.05) is 0 Å². The highest BCUT2D eigenvalue weighted by Gasteiger charge is 2.14. The number of hydrogen-bond donors (Lipinski definition) is 1. The Hall–Kier alpha value is -2.76. The fourth-order valence-electron chi connectivity index (χ4n) is 2.80. The maximum Gasteiger partial charge on any atom is 0.303 e. The predicted molar refractivity (Wildman–Crippen MR) is 86.3 cm³/mol. The number of pyridine rings is 2. The summed E-state index contributed by atoms with van der Waals surface area (Å²) < 4.78 is 1.87. The Morgan fingerprint density at radius 1 is 1.26 bits per heavy atom. The molecule has 3 heterocycles. The van der Waals surface area contributed by atoms with Crippen LogP contribution in [-0.2, 0) is 17.8 Å². The van der Waals surface area contributed by atoms with E-state index in [0.29, 0.717) is 13.0 Å². The molecule has 0 atom stereocenters. The molecule has 0 aliphatic heterocycles. The maximum absolute atomic E-state index is 10.8. The van der Waals surface area contributed by atoms with Gasteiger partial charge in [-0.25, -0.2) is 9.67 Å².